The molecule has 0 aromatic heterocycles. The Morgan fingerprint density at radius 3 is 2.63 bits per heavy atom. The molecule has 2 aromatic rings. The number of fused-ring (bicyclic) bond motifs is 7. The van der Waals surface area contributed by atoms with Gasteiger partial charge in [0.15, 0.2) is 29.6 Å². The van der Waals surface area contributed by atoms with E-state index in [-0.39, 0.29) is 50.6 Å². The summed E-state index contributed by atoms with van der Waals surface area (Å²) in [6, 6.07) is 8.39. The van der Waals surface area contributed by atoms with Crippen LogP contribution in [-0.4, -0.2) is 116 Å². The van der Waals surface area contributed by atoms with E-state index in [1.165, 1.54) is 0 Å². The predicted molar refractivity (Wildman–Crippen MR) is 170 cm³/mol. The van der Waals surface area contributed by atoms with E-state index in [4.69, 9.17) is 58.5 Å². The van der Waals surface area contributed by atoms with Gasteiger partial charge in [-0.05, 0) is 50.6 Å². The van der Waals surface area contributed by atoms with Gasteiger partial charge in [0.1, 0.15) is 48.4 Å². The largest absolute Gasteiger partial charge is 0.492 e. The summed E-state index contributed by atoms with van der Waals surface area (Å²) >= 11 is 0. The third kappa shape index (κ3) is 7.52. The van der Waals surface area contributed by atoms with E-state index in [0.29, 0.717) is 42.6 Å². The molecule has 10 unspecified atom stereocenters. The topological polar surface area (TPSA) is 225 Å². The maximum absolute atomic E-state index is 12.4. The second-order valence-corrected chi connectivity index (χ2v) is 13.1. The third-order valence-corrected chi connectivity index (χ3v) is 9.50. The van der Waals surface area contributed by atoms with Crippen LogP contribution in [0, 0.1) is 0 Å². The summed E-state index contributed by atoms with van der Waals surface area (Å²) in [6.45, 7) is 0.762. The molecule has 0 bridgehead atoms. The standard InChI is InChI=1S/C34H42N2O15/c1-36-12-16(35)13-43-34-33(29(41)32-31(49-34)23(47-28(40)11-27(38)39)5-2-17(46-32)6-7-37)51-50-18-3-4-22-20(8-18)30-21(14-42-22)19-9-25-26(45-15-44-25)10-24(19)48-30/h3-4,8-10,16-17,21,23,29-34,36-37,41H,2,5-7,11-15,35H2,1H3,(H,38,39). The molecule has 2 fully saturated rings. The number of likely N-dealkylation sites (N-methyl/N-ethyl adjacent to an activating group) is 1. The van der Waals surface area contributed by atoms with Gasteiger partial charge >= 0.3 is 11.9 Å². The fourth-order valence-electron chi connectivity index (χ4n) is 7.10. The monoisotopic (exact) mass is 718 g/mol. The molecule has 278 valence electrons. The Bertz CT molecular complexity index is 1580. The van der Waals surface area contributed by atoms with E-state index in [1.54, 1.807) is 25.2 Å². The van der Waals surface area contributed by atoms with Crippen LogP contribution in [-0.2, 0) is 33.4 Å². The highest BCUT2D eigenvalue weighted by Crippen LogP contribution is 2.54. The van der Waals surface area contributed by atoms with Crippen LogP contribution in [0.15, 0.2) is 30.3 Å². The van der Waals surface area contributed by atoms with Gasteiger partial charge in [0, 0.05) is 36.4 Å². The van der Waals surface area contributed by atoms with Crippen molar-refractivity contribution in [3.8, 4) is 28.7 Å². The number of rotatable bonds is 13. The van der Waals surface area contributed by atoms with Crippen molar-refractivity contribution < 1.29 is 72.6 Å². The number of ether oxygens (including phenoxy) is 8. The molecule has 0 spiro atoms. The van der Waals surface area contributed by atoms with Gasteiger partial charge in [0.25, 0.3) is 0 Å². The SMILES string of the molecule is CNCC(N)COC1OC2C(OC(=O)CC(=O)O)CCC(CCO)OC2C(O)C1OOc1ccc2c(c1)C1Oc3cc4c(cc3C1CO2)OCO4. The zero-order valence-electron chi connectivity index (χ0n) is 27.8. The highest BCUT2D eigenvalue weighted by atomic mass is 17.2. The second kappa shape index (κ2) is 15.3. The first-order valence-corrected chi connectivity index (χ1v) is 17.0. The maximum Gasteiger partial charge on any atom is 0.317 e. The van der Waals surface area contributed by atoms with Gasteiger partial charge in [-0.15, -0.1) is 0 Å². The number of carbonyl (C=O) groups is 2. The summed E-state index contributed by atoms with van der Waals surface area (Å²) in [5.41, 5.74) is 7.84. The van der Waals surface area contributed by atoms with E-state index in [0.717, 1.165) is 11.1 Å². The smallest absolute Gasteiger partial charge is 0.317 e. The van der Waals surface area contributed by atoms with E-state index < -0.39 is 67.3 Å². The Balaban J connectivity index is 1.11. The van der Waals surface area contributed by atoms with Crippen molar-refractivity contribution in [3.05, 3.63) is 41.5 Å². The molecule has 17 heteroatoms. The van der Waals surface area contributed by atoms with Crippen LogP contribution in [0.2, 0.25) is 0 Å². The average molecular weight is 719 g/mol. The Hall–Kier alpha value is -3.94. The summed E-state index contributed by atoms with van der Waals surface area (Å²) < 4.78 is 47.6. The van der Waals surface area contributed by atoms with Crippen LogP contribution >= 0.6 is 0 Å². The van der Waals surface area contributed by atoms with Crippen LogP contribution in [0.25, 0.3) is 0 Å². The lowest BCUT2D eigenvalue weighted by Gasteiger charge is -2.44. The molecule has 2 saturated heterocycles. The quantitative estimate of drug-likeness (QED) is 0.0830. The van der Waals surface area contributed by atoms with Gasteiger partial charge in [-0.2, -0.15) is 4.89 Å². The molecule has 5 aliphatic rings. The lowest BCUT2D eigenvalue weighted by Crippen LogP contribution is -2.63. The molecule has 5 aliphatic heterocycles. The number of aliphatic carboxylic acids is 1. The number of hydrogen-bond acceptors (Lipinski definition) is 16. The first-order valence-electron chi connectivity index (χ1n) is 17.0. The summed E-state index contributed by atoms with van der Waals surface area (Å²) in [4.78, 5) is 35.3. The van der Waals surface area contributed by atoms with E-state index in [1.807, 2.05) is 12.1 Å². The highest BCUT2D eigenvalue weighted by Gasteiger charge is 2.54. The van der Waals surface area contributed by atoms with Crippen molar-refractivity contribution in [2.75, 3.05) is 40.2 Å². The van der Waals surface area contributed by atoms with Crippen molar-refractivity contribution in [3.63, 3.8) is 0 Å². The first-order chi connectivity index (χ1) is 24.7. The van der Waals surface area contributed by atoms with Crippen molar-refractivity contribution in [2.45, 2.75) is 86.7 Å². The third-order valence-electron chi connectivity index (χ3n) is 9.50. The fourth-order valence-corrected chi connectivity index (χ4v) is 7.10. The first kappa shape index (κ1) is 35.5. The van der Waals surface area contributed by atoms with Crippen LogP contribution in [0.3, 0.4) is 0 Å². The number of nitrogens with one attached hydrogen (secondary N) is 1. The number of carbonyl (C=O) groups excluding carboxylic acids is 1. The normalized spacial score (nSPS) is 30.7. The number of esters is 1. The maximum atomic E-state index is 12.4. The summed E-state index contributed by atoms with van der Waals surface area (Å²) in [6.07, 6.45) is -8.24. The molecular weight excluding hydrogens is 676 g/mol. The van der Waals surface area contributed by atoms with Crippen LogP contribution < -0.4 is 34.9 Å². The molecule has 10 atom stereocenters. The Morgan fingerprint density at radius 1 is 1.02 bits per heavy atom. The average Bonchev–Trinajstić information content (AvgIpc) is 3.67. The minimum atomic E-state index is -1.46. The van der Waals surface area contributed by atoms with Crippen molar-refractivity contribution in [1.82, 2.24) is 5.32 Å². The molecule has 2 aromatic carbocycles. The van der Waals surface area contributed by atoms with E-state index >= 15 is 0 Å². The van der Waals surface area contributed by atoms with Crippen LogP contribution in [0.1, 0.15) is 48.8 Å². The molecule has 7 rings (SSSR count). The number of carboxylic acid groups (broad SMARTS) is 1. The second-order valence-electron chi connectivity index (χ2n) is 13.1. The van der Waals surface area contributed by atoms with Gasteiger partial charge < -0.3 is 69.2 Å². The van der Waals surface area contributed by atoms with Crippen molar-refractivity contribution in [2.24, 2.45) is 5.73 Å². The van der Waals surface area contributed by atoms with Crippen LogP contribution in [0.4, 0.5) is 0 Å². The predicted octanol–water partition coefficient (Wildman–Crippen LogP) is 0.670. The number of nitrogens with two attached hydrogens (primary N) is 1. The van der Waals surface area contributed by atoms with E-state index in [9.17, 15) is 19.8 Å². The lowest BCUT2D eigenvalue weighted by molar-refractivity contribution is -0.380. The minimum absolute atomic E-state index is 0.0103. The van der Waals surface area contributed by atoms with Crippen molar-refractivity contribution in [1.29, 1.82) is 0 Å². The molecule has 0 radical (unpaired) electrons. The number of carboxylic acids is 1. The highest BCUT2D eigenvalue weighted by molar-refractivity contribution is 5.90. The summed E-state index contributed by atoms with van der Waals surface area (Å²) in [5, 5.41) is 33.5. The fraction of sp³-hybridized carbons (Fsp3) is 0.588. The van der Waals surface area contributed by atoms with Gasteiger partial charge in [-0.3, -0.25) is 9.59 Å². The number of hydrogen-bond donors (Lipinski definition) is 5. The lowest BCUT2D eigenvalue weighted by atomic mass is 9.89. The Kier molecular flexibility index (Phi) is 10.7. The summed E-state index contributed by atoms with van der Waals surface area (Å²) in [7, 11) is 1.74. The van der Waals surface area contributed by atoms with Crippen LogP contribution in [0.5, 0.6) is 28.7 Å². The molecule has 6 N–H and O–H groups in total. The van der Waals surface area contributed by atoms with Gasteiger partial charge in [0.2, 0.25) is 6.79 Å². The number of benzene rings is 2. The molecular formula is C34H42N2O15. The molecule has 0 aliphatic carbocycles. The van der Waals surface area contributed by atoms with Gasteiger partial charge in [0.05, 0.1) is 25.2 Å². The Labute approximate surface area is 292 Å². The molecule has 5 heterocycles. The molecule has 0 amide bonds. The van der Waals surface area contributed by atoms with Crippen molar-refractivity contribution >= 4 is 11.9 Å². The van der Waals surface area contributed by atoms with Gasteiger partial charge in [-0.1, -0.05) is 0 Å². The zero-order valence-corrected chi connectivity index (χ0v) is 27.8. The minimum Gasteiger partial charge on any atom is -0.492 e. The summed E-state index contributed by atoms with van der Waals surface area (Å²) in [5.74, 6) is 0.394. The molecule has 0 saturated carbocycles. The van der Waals surface area contributed by atoms with Gasteiger partial charge in [-0.25, -0.2) is 0 Å². The zero-order chi connectivity index (χ0) is 35.6. The number of aliphatic hydroxyl groups is 2. The molecule has 51 heavy (non-hydrogen) atoms. The number of aliphatic hydroxyl groups excluding tert-OH is 2. The Morgan fingerprint density at radius 2 is 1.84 bits per heavy atom. The van der Waals surface area contributed by atoms with E-state index in [2.05, 4.69) is 5.32 Å². The molecule has 17 nitrogen and oxygen atoms in total.